The van der Waals surface area contributed by atoms with Crippen LogP contribution >= 0.6 is 0 Å². The number of likely N-dealkylation sites (tertiary alicyclic amines) is 1. The standard InChI is InChI=1S/C46H37F3N6O8/c1-22(2)35-38(24(5)37-25(6)50(8)33-13-11-10-12-31(33)37)43(57)52(42(35)56)17-16-27-14-15-34-32(18-27)39(26(7)51(34)9)41(46(47,48)49)40-36(23(3)4)44(58)53(45(40)59)28-19-29(54(60)61)21-30(20-28)55(62)63/h10-15,18-21H,1-9H3/b38-24-,41-40+. The Balaban J connectivity index is 1.40. The van der Waals surface area contributed by atoms with Gasteiger partial charge in [0.25, 0.3) is 35.0 Å². The summed E-state index contributed by atoms with van der Waals surface area (Å²) in [5, 5.41) is 24.2. The third kappa shape index (κ3) is 6.80. The molecule has 0 saturated carbocycles. The smallest absolute Gasteiger partial charge is 0.347 e. The number of anilines is 1. The molecule has 4 amide bonds. The molecule has 0 aliphatic carbocycles. The SMILES string of the molecule is CC(C)=C1C(=O)N(C#Cc2ccc3c(c2)c(/C(=C2\C(=O)N(c4cc([N+](=O)[O-])cc([N+](=O)[O-])c4)C(=O)C2=C(C)C)C(F)(F)F)c(C)n3C)C(=O)/C1=C(/C)c1c(C)n(C)c2ccccc12. The van der Waals surface area contributed by atoms with E-state index in [1.54, 1.807) is 20.8 Å². The highest BCUT2D eigenvalue weighted by Crippen LogP contribution is 2.48. The summed E-state index contributed by atoms with van der Waals surface area (Å²) < 4.78 is 50.5. The Morgan fingerprint density at radius 1 is 0.635 bits per heavy atom. The predicted octanol–water partition coefficient (Wildman–Crippen LogP) is 8.82. The van der Waals surface area contributed by atoms with Gasteiger partial charge in [-0.25, -0.2) is 4.90 Å². The van der Waals surface area contributed by atoms with Crippen LogP contribution in [0.25, 0.3) is 33.0 Å². The molecule has 0 N–H and O–H groups in total. The number of alkyl halides is 3. The van der Waals surface area contributed by atoms with Crippen molar-refractivity contribution in [3.63, 3.8) is 0 Å². The van der Waals surface area contributed by atoms with Gasteiger partial charge in [0.15, 0.2) is 0 Å². The van der Waals surface area contributed by atoms with Gasteiger partial charge in [-0.05, 0) is 84.2 Å². The first kappa shape index (κ1) is 43.2. The fourth-order valence-electron chi connectivity index (χ4n) is 8.44. The van der Waals surface area contributed by atoms with Crippen molar-refractivity contribution >= 4 is 73.6 Å². The monoisotopic (exact) mass is 858 g/mol. The first-order chi connectivity index (χ1) is 29.5. The molecule has 14 nitrogen and oxygen atoms in total. The fourth-order valence-corrected chi connectivity index (χ4v) is 8.44. The maximum atomic E-state index is 15.7. The summed E-state index contributed by atoms with van der Waals surface area (Å²) in [6.07, 6.45) is -5.31. The number of nitrogens with zero attached hydrogens (tertiary/aromatic N) is 6. The number of rotatable bonds is 5. The topological polar surface area (TPSA) is 171 Å². The summed E-state index contributed by atoms with van der Waals surface area (Å²) in [6.45, 7) is 11.1. The molecule has 3 aromatic carbocycles. The van der Waals surface area contributed by atoms with Crippen molar-refractivity contribution in [2.24, 2.45) is 14.1 Å². The number of carbonyl (C=O) groups excluding carboxylic acids is 4. The molecule has 0 spiro atoms. The summed E-state index contributed by atoms with van der Waals surface area (Å²) in [6, 6.07) is 16.6. The number of aryl methyl sites for hydroxylation is 2. The van der Waals surface area contributed by atoms with Gasteiger partial charge in [0.1, 0.15) is 0 Å². The van der Waals surface area contributed by atoms with Gasteiger partial charge < -0.3 is 9.13 Å². The van der Waals surface area contributed by atoms with Crippen molar-refractivity contribution in [1.82, 2.24) is 14.0 Å². The summed E-state index contributed by atoms with van der Waals surface area (Å²) in [5.41, 5.74) is -1.65. The Kier molecular flexibility index (Phi) is 10.5. The zero-order valence-corrected chi connectivity index (χ0v) is 35.4. The van der Waals surface area contributed by atoms with E-state index in [9.17, 15) is 39.4 Å². The number of nitro groups is 2. The van der Waals surface area contributed by atoms with Gasteiger partial charge in [-0.15, -0.1) is 0 Å². The Hall–Kier alpha value is -7.87. The summed E-state index contributed by atoms with van der Waals surface area (Å²) in [5.74, 6) is -1.35. The molecule has 0 bridgehead atoms. The number of carbonyl (C=O) groups is 4. The molecule has 4 heterocycles. The first-order valence-electron chi connectivity index (χ1n) is 19.2. The van der Waals surface area contributed by atoms with Crippen LogP contribution in [0.5, 0.6) is 0 Å². The number of imide groups is 2. The molecular formula is C46H37F3N6O8. The van der Waals surface area contributed by atoms with Crippen LogP contribution in [-0.4, -0.2) is 53.7 Å². The number of benzene rings is 3. The second kappa shape index (κ2) is 15.2. The molecule has 0 unspecified atom stereocenters. The van der Waals surface area contributed by atoms with Gasteiger partial charge in [-0.2, -0.15) is 18.1 Å². The summed E-state index contributed by atoms with van der Waals surface area (Å²) >= 11 is 0. The number of nitro benzene ring substituents is 2. The summed E-state index contributed by atoms with van der Waals surface area (Å²) in [4.78, 5) is 78.8. The number of hydrogen-bond acceptors (Lipinski definition) is 8. The summed E-state index contributed by atoms with van der Waals surface area (Å²) in [7, 11) is 3.40. The van der Waals surface area contributed by atoms with Crippen molar-refractivity contribution in [2.45, 2.75) is 54.6 Å². The molecule has 0 radical (unpaired) electrons. The quantitative estimate of drug-likeness (QED) is 0.0555. The lowest BCUT2D eigenvalue weighted by Gasteiger charge is -2.17. The highest BCUT2D eigenvalue weighted by molar-refractivity contribution is 6.40. The van der Waals surface area contributed by atoms with Crippen LogP contribution in [0.4, 0.5) is 30.2 Å². The highest BCUT2D eigenvalue weighted by atomic mass is 19.4. The molecule has 2 aliphatic rings. The van der Waals surface area contributed by atoms with E-state index in [1.165, 1.54) is 50.6 Å². The second-order valence-electron chi connectivity index (χ2n) is 15.6. The zero-order valence-electron chi connectivity index (χ0n) is 35.4. The van der Waals surface area contributed by atoms with Gasteiger partial charge >= 0.3 is 6.18 Å². The maximum absolute atomic E-state index is 15.7. The molecular weight excluding hydrogens is 822 g/mol. The van der Waals surface area contributed by atoms with E-state index in [2.05, 4.69) is 12.0 Å². The van der Waals surface area contributed by atoms with E-state index < -0.39 is 79.0 Å². The number of halogens is 3. The van der Waals surface area contributed by atoms with Crippen molar-refractivity contribution < 1.29 is 42.2 Å². The molecule has 5 aromatic rings. The number of aromatic nitrogens is 2. The first-order valence-corrected chi connectivity index (χ1v) is 19.2. The molecule has 17 heteroatoms. The van der Waals surface area contributed by atoms with Crippen molar-refractivity contribution in [3.8, 4) is 12.0 Å². The number of amides is 4. The van der Waals surface area contributed by atoms with Crippen molar-refractivity contribution in [1.29, 1.82) is 0 Å². The number of fused-ring (bicyclic) bond motifs is 2. The van der Waals surface area contributed by atoms with E-state index in [0.717, 1.165) is 27.1 Å². The lowest BCUT2D eigenvalue weighted by molar-refractivity contribution is -0.394. The maximum Gasteiger partial charge on any atom is 0.417 e. The van der Waals surface area contributed by atoms with E-state index in [-0.39, 0.29) is 43.8 Å². The average molecular weight is 859 g/mol. The Labute approximate surface area is 357 Å². The lowest BCUT2D eigenvalue weighted by atomic mass is 9.91. The van der Waals surface area contributed by atoms with Crippen molar-refractivity contribution in [2.75, 3.05) is 4.90 Å². The van der Waals surface area contributed by atoms with Crippen molar-refractivity contribution in [3.05, 3.63) is 142 Å². The van der Waals surface area contributed by atoms with Crippen LogP contribution in [0.15, 0.2) is 94.1 Å². The van der Waals surface area contributed by atoms with Gasteiger partial charge in [0, 0.05) is 82.2 Å². The van der Waals surface area contributed by atoms with E-state index in [1.807, 2.05) is 42.8 Å². The number of non-ortho nitro benzene ring substituents is 2. The molecule has 320 valence electrons. The number of hydrogen-bond donors (Lipinski definition) is 0. The van der Waals surface area contributed by atoms with E-state index in [0.29, 0.717) is 29.3 Å². The minimum Gasteiger partial charge on any atom is -0.347 e. The molecule has 2 aromatic heterocycles. The molecule has 0 atom stereocenters. The highest BCUT2D eigenvalue weighted by Gasteiger charge is 2.50. The molecule has 7 rings (SSSR count). The number of allylic oxidation sites excluding steroid dienone is 4. The van der Waals surface area contributed by atoms with Gasteiger partial charge in [-0.1, -0.05) is 29.3 Å². The third-order valence-corrected chi connectivity index (χ3v) is 11.5. The molecule has 2 saturated heterocycles. The minimum absolute atomic E-state index is 0.00748. The van der Waals surface area contributed by atoms with Crippen LogP contribution in [-0.2, 0) is 33.3 Å². The molecule has 63 heavy (non-hydrogen) atoms. The van der Waals surface area contributed by atoms with Gasteiger partial charge in [-0.3, -0.25) is 39.4 Å². The molecule has 2 aliphatic heterocycles. The lowest BCUT2D eigenvalue weighted by Crippen LogP contribution is -2.30. The average Bonchev–Trinajstić information content (AvgIpc) is 3.82. The third-order valence-electron chi connectivity index (χ3n) is 11.5. The Morgan fingerprint density at radius 3 is 1.70 bits per heavy atom. The van der Waals surface area contributed by atoms with Crippen LogP contribution in [0.1, 0.15) is 62.7 Å². The van der Waals surface area contributed by atoms with Gasteiger partial charge in [0.05, 0.1) is 49.5 Å². The molecule has 2 fully saturated rings. The van der Waals surface area contributed by atoms with Crippen LogP contribution in [0.3, 0.4) is 0 Å². The normalized spacial score (nSPS) is 16.1. The second-order valence-corrected chi connectivity index (χ2v) is 15.6. The Morgan fingerprint density at radius 2 is 1.14 bits per heavy atom. The fraction of sp³-hybridized carbons (Fsp3) is 0.217. The Bertz CT molecular complexity index is 3160. The zero-order chi connectivity index (χ0) is 46.3. The van der Waals surface area contributed by atoms with Crippen LogP contribution in [0, 0.1) is 46.0 Å². The van der Waals surface area contributed by atoms with Crippen LogP contribution < -0.4 is 4.90 Å². The number of para-hydroxylation sites is 1. The minimum atomic E-state index is -5.31. The van der Waals surface area contributed by atoms with E-state index in [4.69, 9.17) is 0 Å². The largest absolute Gasteiger partial charge is 0.417 e. The predicted molar refractivity (Wildman–Crippen MR) is 229 cm³/mol. The van der Waals surface area contributed by atoms with E-state index >= 15 is 13.2 Å². The van der Waals surface area contributed by atoms with Gasteiger partial charge in [0.2, 0.25) is 0 Å². The van der Waals surface area contributed by atoms with Crippen LogP contribution in [0.2, 0.25) is 0 Å².